The molecule has 7 heteroatoms. The third-order valence-corrected chi connectivity index (χ3v) is 3.59. The molecule has 0 saturated carbocycles. The average molecular weight is 370 g/mol. The van der Waals surface area contributed by atoms with Crippen LogP contribution < -0.4 is 5.32 Å². The number of oxime groups is 1. The van der Waals surface area contributed by atoms with Crippen molar-refractivity contribution in [2.45, 2.75) is 26.2 Å². The molecule has 1 atom stereocenters. The highest BCUT2D eigenvalue weighted by molar-refractivity contribution is 6.06. The van der Waals surface area contributed by atoms with Crippen molar-refractivity contribution in [3.05, 3.63) is 71.8 Å². The Labute approximate surface area is 157 Å². The molecule has 27 heavy (non-hydrogen) atoms. The highest BCUT2D eigenvalue weighted by atomic mass is 16.6. The molecule has 0 aliphatic heterocycles. The van der Waals surface area contributed by atoms with Crippen LogP contribution in [0.2, 0.25) is 0 Å². The summed E-state index contributed by atoms with van der Waals surface area (Å²) in [5.41, 5.74) is 1.91. The van der Waals surface area contributed by atoms with E-state index >= 15 is 0 Å². The largest absolute Gasteiger partial charge is 0.459 e. The topological polar surface area (TPSA) is 86.2 Å². The first-order chi connectivity index (χ1) is 13.1. The summed E-state index contributed by atoms with van der Waals surface area (Å²) < 4.78 is 10.4. The van der Waals surface area contributed by atoms with Crippen molar-refractivity contribution in [2.75, 3.05) is 7.11 Å². The molecule has 7 nitrogen and oxygen atoms in total. The number of alkyl carbamates (subject to hydrolysis) is 1. The van der Waals surface area contributed by atoms with Crippen molar-refractivity contribution in [3.8, 4) is 0 Å². The Morgan fingerprint density at radius 1 is 0.926 bits per heavy atom. The van der Waals surface area contributed by atoms with Gasteiger partial charge in [0.1, 0.15) is 20.3 Å². The maximum absolute atomic E-state index is 12.4. The lowest BCUT2D eigenvalue weighted by Gasteiger charge is -2.17. The molecule has 0 radical (unpaired) electrons. The molecule has 1 amide bonds. The second kappa shape index (κ2) is 10.6. The number of esters is 1. The first-order valence-electron chi connectivity index (χ1n) is 8.35. The lowest BCUT2D eigenvalue weighted by atomic mass is 10.2. The van der Waals surface area contributed by atoms with Crippen LogP contribution in [0.3, 0.4) is 0 Å². The van der Waals surface area contributed by atoms with Gasteiger partial charge in [-0.05, 0) is 18.1 Å². The maximum Gasteiger partial charge on any atom is 0.408 e. The molecule has 0 heterocycles. The second-order valence-corrected chi connectivity index (χ2v) is 5.65. The Hall–Kier alpha value is -3.35. The second-order valence-electron chi connectivity index (χ2n) is 5.65. The minimum Gasteiger partial charge on any atom is -0.459 e. The minimum absolute atomic E-state index is 0.0805. The van der Waals surface area contributed by atoms with E-state index in [0.717, 1.165) is 11.1 Å². The van der Waals surface area contributed by atoms with Gasteiger partial charge in [0.15, 0.2) is 6.04 Å². The molecule has 142 valence electrons. The van der Waals surface area contributed by atoms with Crippen LogP contribution in [-0.4, -0.2) is 30.9 Å². The van der Waals surface area contributed by atoms with Crippen molar-refractivity contribution >= 4 is 17.8 Å². The Kier molecular flexibility index (Phi) is 7.84. The SMILES string of the molecule is CON=C(C)[C@H](NC(=O)OCc1ccccc1)C(=O)OCc1ccccc1. The predicted octanol–water partition coefficient (Wildman–Crippen LogP) is 3.05. The number of hydrogen-bond acceptors (Lipinski definition) is 6. The van der Waals surface area contributed by atoms with Gasteiger partial charge < -0.3 is 19.6 Å². The van der Waals surface area contributed by atoms with E-state index in [4.69, 9.17) is 14.3 Å². The summed E-state index contributed by atoms with van der Waals surface area (Å²) >= 11 is 0. The van der Waals surface area contributed by atoms with Crippen molar-refractivity contribution in [1.29, 1.82) is 0 Å². The molecule has 0 bridgehead atoms. The van der Waals surface area contributed by atoms with Crippen molar-refractivity contribution < 1.29 is 23.9 Å². The van der Waals surface area contributed by atoms with Crippen molar-refractivity contribution in [1.82, 2.24) is 5.32 Å². The highest BCUT2D eigenvalue weighted by Crippen LogP contribution is 2.05. The van der Waals surface area contributed by atoms with Crippen LogP contribution >= 0.6 is 0 Å². The van der Waals surface area contributed by atoms with Gasteiger partial charge in [-0.25, -0.2) is 9.59 Å². The van der Waals surface area contributed by atoms with E-state index in [-0.39, 0.29) is 18.9 Å². The molecule has 0 aromatic heterocycles. The van der Waals surface area contributed by atoms with Crippen LogP contribution in [0.1, 0.15) is 18.1 Å². The van der Waals surface area contributed by atoms with E-state index < -0.39 is 18.1 Å². The van der Waals surface area contributed by atoms with Crippen molar-refractivity contribution in [2.24, 2.45) is 5.16 Å². The Balaban J connectivity index is 1.95. The quantitative estimate of drug-likeness (QED) is 0.438. The van der Waals surface area contributed by atoms with E-state index in [2.05, 4.69) is 10.5 Å². The Bertz CT molecular complexity index is 762. The van der Waals surface area contributed by atoms with Crippen LogP contribution in [-0.2, 0) is 32.3 Å². The highest BCUT2D eigenvalue weighted by Gasteiger charge is 2.27. The predicted molar refractivity (Wildman–Crippen MR) is 99.9 cm³/mol. The molecule has 0 aliphatic carbocycles. The summed E-state index contributed by atoms with van der Waals surface area (Å²) in [5.74, 6) is -0.659. The lowest BCUT2D eigenvalue weighted by molar-refractivity contribution is -0.145. The van der Waals surface area contributed by atoms with Crippen LogP contribution in [0.5, 0.6) is 0 Å². The normalized spacial score (nSPS) is 12.0. The van der Waals surface area contributed by atoms with E-state index in [1.807, 2.05) is 60.7 Å². The van der Waals surface area contributed by atoms with Gasteiger partial charge in [0.25, 0.3) is 0 Å². The third kappa shape index (κ3) is 6.81. The minimum atomic E-state index is -1.11. The number of amides is 1. The number of nitrogens with zero attached hydrogens (tertiary/aromatic N) is 1. The van der Waals surface area contributed by atoms with Gasteiger partial charge >= 0.3 is 12.1 Å². The Morgan fingerprint density at radius 2 is 1.44 bits per heavy atom. The summed E-state index contributed by atoms with van der Waals surface area (Å²) in [4.78, 5) is 29.2. The van der Waals surface area contributed by atoms with Gasteiger partial charge in [-0.1, -0.05) is 65.8 Å². The summed E-state index contributed by atoms with van der Waals surface area (Å²) in [6.45, 7) is 1.71. The molecule has 0 aliphatic rings. The van der Waals surface area contributed by atoms with Crippen molar-refractivity contribution in [3.63, 3.8) is 0 Å². The zero-order valence-corrected chi connectivity index (χ0v) is 15.3. The summed E-state index contributed by atoms with van der Waals surface area (Å²) in [5, 5.41) is 6.18. The van der Waals surface area contributed by atoms with E-state index in [9.17, 15) is 9.59 Å². The number of hydrogen-bond donors (Lipinski definition) is 1. The number of carbonyl (C=O) groups is 2. The zero-order chi connectivity index (χ0) is 19.5. The van der Waals surface area contributed by atoms with Crippen LogP contribution in [0, 0.1) is 0 Å². The summed E-state index contributed by atoms with van der Waals surface area (Å²) in [6, 6.07) is 17.3. The van der Waals surface area contributed by atoms with Gasteiger partial charge in [0.05, 0.1) is 5.71 Å². The molecule has 2 rings (SSSR count). The summed E-state index contributed by atoms with van der Waals surface area (Å²) in [7, 11) is 1.35. The van der Waals surface area contributed by atoms with E-state index in [1.54, 1.807) is 6.92 Å². The standard InChI is InChI=1S/C20H22N2O5/c1-15(22-25-2)18(19(23)26-13-16-9-5-3-6-10-16)21-20(24)27-14-17-11-7-4-8-12-17/h3-12,18H,13-14H2,1-2H3,(H,21,24)/t18-/m0/s1. The fourth-order valence-corrected chi connectivity index (χ4v) is 2.23. The van der Waals surface area contributed by atoms with Crippen LogP contribution in [0.25, 0.3) is 0 Å². The maximum atomic E-state index is 12.4. The van der Waals surface area contributed by atoms with Gasteiger partial charge in [-0.15, -0.1) is 0 Å². The number of carbonyl (C=O) groups excluding carboxylic acids is 2. The molecule has 0 spiro atoms. The molecule has 2 aromatic carbocycles. The molecule has 0 fully saturated rings. The van der Waals surface area contributed by atoms with Gasteiger partial charge in [-0.3, -0.25) is 0 Å². The molecule has 1 N–H and O–H groups in total. The molecular weight excluding hydrogens is 348 g/mol. The lowest BCUT2D eigenvalue weighted by Crippen LogP contribution is -2.46. The zero-order valence-electron chi connectivity index (χ0n) is 15.3. The first-order valence-corrected chi connectivity index (χ1v) is 8.35. The number of nitrogens with one attached hydrogen (secondary N) is 1. The van der Waals surface area contributed by atoms with E-state index in [1.165, 1.54) is 7.11 Å². The average Bonchev–Trinajstić information content (AvgIpc) is 2.70. The van der Waals surface area contributed by atoms with E-state index in [0.29, 0.717) is 0 Å². The van der Waals surface area contributed by atoms with Gasteiger partial charge in [0.2, 0.25) is 0 Å². The van der Waals surface area contributed by atoms with Gasteiger partial charge in [-0.2, -0.15) is 0 Å². The number of benzene rings is 2. The smallest absolute Gasteiger partial charge is 0.408 e. The van der Waals surface area contributed by atoms with Gasteiger partial charge in [0, 0.05) is 0 Å². The molecule has 0 saturated heterocycles. The number of rotatable bonds is 8. The fourth-order valence-electron chi connectivity index (χ4n) is 2.23. The molecular formula is C20H22N2O5. The monoisotopic (exact) mass is 370 g/mol. The number of ether oxygens (including phenoxy) is 2. The Morgan fingerprint density at radius 3 is 1.96 bits per heavy atom. The third-order valence-electron chi connectivity index (χ3n) is 3.59. The first kappa shape index (κ1) is 20.0. The van der Waals surface area contributed by atoms with Crippen LogP contribution in [0.15, 0.2) is 65.8 Å². The summed E-state index contributed by atoms with van der Waals surface area (Å²) in [6.07, 6.45) is -0.758. The van der Waals surface area contributed by atoms with Crippen LogP contribution in [0.4, 0.5) is 4.79 Å². The fraction of sp³-hybridized carbons (Fsp3) is 0.250. The molecule has 0 unspecified atom stereocenters. The molecule has 2 aromatic rings.